The molecule has 8 heteroatoms. The van der Waals surface area contributed by atoms with Crippen LogP contribution in [-0.2, 0) is 4.79 Å². The van der Waals surface area contributed by atoms with Crippen molar-refractivity contribution in [1.82, 2.24) is 0 Å². The van der Waals surface area contributed by atoms with E-state index in [9.17, 15) is 9.90 Å². The van der Waals surface area contributed by atoms with Crippen molar-refractivity contribution in [1.29, 1.82) is 0 Å². The van der Waals surface area contributed by atoms with Gasteiger partial charge in [0.2, 0.25) is 0 Å². The third-order valence-electron chi connectivity index (χ3n) is 4.65. The minimum atomic E-state index is -0.0482. The Balaban J connectivity index is 1.89. The zero-order chi connectivity index (χ0) is 20.6. The molecular formula is C21H18N6O2. The number of ketones is 1. The Hall–Kier alpha value is -3.83. The Kier molecular flexibility index (Phi) is 6.45. The first-order valence-corrected chi connectivity index (χ1v) is 9.00. The van der Waals surface area contributed by atoms with Crippen LogP contribution < -0.4 is 0 Å². The molecule has 1 aliphatic rings. The lowest BCUT2D eigenvalue weighted by Gasteiger charge is -2.24. The van der Waals surface area contributed by atoms with Gasteiger partial charge in [-0.15, -0.1) is 0 Å². The topological polar surface area (TPSA) is 135 Å². The van der Waals surface area contributed by atoms with Crippen LogP contribution in [0.1, 0.15) is 24.0 Å². The van der Waals surface area contributed by atoms with Crippen LogP contribution in [0, 0.1) is 5.92 Å². The number of aliphatic hydroxyl groups is 1. The second-order valence-corrected chi connectivity index (χ2v) is 6.69. The molecule has 0 amide bonds. The summed E-state index contributed by atoms with van der Waals surface area (Å²) in [4.78, 5) is 18.5. The summed E-state index contributed by atoms with van der Waals surface area (Å²) in [6.07, 6.45) is 4.62. The summed E-state index contributed by atoms with van der Waals surface area (Å²) in [6.45, 7) is -0.00635. The smallest absolute Gasteiger partial charge is 0.185 e. The van der Waals surface area contributed by atoms with Crippen LogP contribution in [-0.4, -0.2) is 17.5 Å². The largest absolute Gasteiger partial charge is 0.396 e. The molecular weight excluding hydrogens is 368 g/mol. The third kappa shape index (κ3) is 5.12. The number of Topliss-reactive ketones (excluding diaryl/α,β-unsaturated/α-hetero) is 1. The Morgan fingerprint density at radius 2 is 1.28 bits per heavy atom. The first-order valence-electron chi connectivity index (χ1n) is 9.00. The van der Waals surface area contributed by atoms with Gasteiger partial charge in [-0.25, -0.2) is 0 Å². The normalized spacial score (nSPS) is 18.9. The van der Waals surface area contributed by atoms with Gasteiger partial charge in [-0.05, 0) is 53.1 Å². The first kappa shape index (κ1) is 19.9. The first-order chi connectivity index (χ1) is 14.1. The number of azide groups is 2. The van der Waals surface area contributed by atoms with Crippen LogP contribution in [0.15, 0.2) is 69.9 Å². The number of rotatable bonds is 5. The molecule has 2 aromatic rings. The second kappa shape index (κ2) is 9.39. The molecule has 29 heavy (non-hydrogen) atoms. The van der Waals surface area contributed by atoms with Crippen molar-refractivity contribution in [2.24, 2.45) is 16.1 Å². The van der Waals surface area contributed by atoms with Gasteiger partial charge in [0.05, 0.1) is 0 Å². The monoisotopic (exact) mass is 386 g/mol. The fourth-order valence-electron chi connectivity index (χ4n) is 3.24. The van der Waals surface area contributed by atoms with Crippen molar-refractivity contribution in [2.75, 3.05) is 6.61 Å². The van der Waals surface area contributed by atoms with Crippen LogP contribution in [0.5, 0.6) is 0 Å². The van der Waals surface area contributed by atoms with Crippen LogP contribution in [0.4, 0.5) is 11.4 Å². The third-order valence-corrected chi connectivity index (χ3v) is 4.65. The van der Waals surface area contributed by atoms with Crippen molar-refractivity contribution >= 4 is 29.3 Å². The summed E-state index contributed by atoms with van der Waals surface area (Å²) in [5, 5.41) is 16.7. The van der Waals surface area contributed by atoms with E-state index in [4.69, 9.17) is 11.1 Å². The fourth-order valence-corrected chi connectivity index (χ4v) is 3.24. The quantitative estimate of drug-likeness (QED) is 0.291. The van der Waals surface area contributed by atoms with Crippen LogP contribution >= 0.6 is 0 Å². The van der Waals surface area contributed by atoms with Gasteiger partial charge in [0, 0.05) is 39.0 Å². The van der Waals surface area contributed by atoms with E-state index >= 15 is 0 Å². The molecule has 144 valence electrons. The van der Waals surface area contributed by atoms with Crippen LogP contribution in [0.3, 0.4) is 0 Å². The number of nitrogens with zero attached hydrogens (tertiary/aromatic N) is 6. The van der Waals surface area contributed by atoms with E-state index in [1.54, 1.807) is 48.5 Å². The minimum Gasteiger partial charge on any atom is -0.396 e. The van der Waals surface area contributed by atoms with Gasteiger partial charge in [-0.1, -0.05) is 58.8 Å². The summed E-state index contributed by atoms with van der Waals surface area (Å²) in [7, 11) is 0. The van der Waals surface area contributed by atoms with E-state index in [1.165, 1.54) is 0 Å². The molecule has 1 saturated carbocycles. The minimum absolute atomic E-state index is 0.00635. The highest BCUT2D eigenvalue weighted by molar-refractivity contribution is 6.14. The average molecular weight is 386 g/mol. The summed E-state index contributed by atoms with van der Waals surface area (Å²) >= 11 is 0. The van der Waals surface area contributed by atoms with Gasteiger partial charge < -0.3 is 5.11 Å². The van der Waals surface area contributed by atoms with E-state index in [2.05, 4.69) is 20.1 Å². The van der Waals surface area contributed by atoms with Gasteiger partial charge in [0.25, 0.3) is 0 Å². The fraction of sp³-hybridized carbons (Fsp3) is 0.190. The van der Waals surface area contributed by atoms with Crippen LogP contribution in [0.2, 0.25) is 0 Å². The van der Waals surface area contributed by atoms with Crippen molar-refractivity contribution in [3.63, 3.8) is 0 Å². The summed E-state index contributed by atoms with van der Waals surface area (Å²) < 4.78 is 0. The van der Waals surface area contributed by atoms with Crippen molar-refractivity contribution in [3.8, 4) is 0 Å². The molecule has 0 spiro atoms. The molecule has 0 unspecified atom stereocenters. The number of hydrogen-bond acceptors (Lipinski definition) is 4. The van der Waals surface area contributed by atoms with E-state index in [0.29, 0.717) is 35.4 Å². The number of benzene rings is 2. The summed E-state index contributed by atoms with van der Waals surface area (Å²) in [5.74, 6) is -0.0805. The number of carbonyl (C=O) groups excluding carboxylic acids is 1. The molecule has 0 saturated heterocycles. The molecule has 2 aromatic carbocycles. The van der Waals surface area contributed by atoms with Gasteiger partial charge in [0.1, 0.15) is 0 Å². The highest BCUT2D eigenvalue weighted by atomic mass is 16.3. The molecule has 0 bridgehead atoms. The molecule has 8 nitrogen and oxygen atoms in total. The molecule has 0 heterocycles. The van der Waals surface area contributed by atoms with Crippen molar-refractivity contribution < 1.29 is 9.90 Å². The molecule has 0 radical (unpaired) electrons. The van der Waals surface area contributed by atoms with Crippen molar-refractivity contribution in [3.05, 3.63) is 91.7 Å². The Morgan fingerprint density at radius 3 is 1.62 bits per heavy atom. The Bertz CT molecular complexity index is 974. The number of hydrogen-bond donors (Lipinski definition) is 1. The zero-order valence-electron chi connectivity index (χ0n) is 15.5. The van der Waals surface area contributed by atoms with Crippen molar-refractivity contribution in [2.45, 2.75) is 12.8 Å². The molecule has 0 aliphatic heterocycles. The van der Waals surface area contributed by atoms with Gasteiger partial charge >= 0.3 is 0 Å². The van der Waals surface area contributed by atoms with Gasteiger partial charge in [0.15, 0.2) is 5.78 Å². The lowest BCUT2D eigenvalue weighted by molar-refractivity contribution is -0.113. The highest BCUT2D eigenvalue weighted by Crippen LogP contribution is 2.32. The van der Waals surface area contributed by atoms with Crippen LogP contribution in [0.25, 0.3) is 33.0 Å². The lowest BCUT2D eigenvalue weighted by atomic mass is 9.80. The summed E-state index contributed by atoms with van der Waals surface area (Å²) in [6, 6.07) is 13.9. The maximum Gasteiger partial charge on any atom is 0.185 e. The average Bonchev–Trinajstić information content (AvgIpc) is 2.74. The Morgan fingerprint density at radius 1 is 0.862 bits per heavy atom. The number of aliphatic hydroxyl groups excluding tert-OH is 1. The molecule has 0 atom stereocenters. The van der Waals surface area contributed by atoms with E-state index in [-0.39, 0.29) is 18.3 Å². The molecule has 3 rings (SSSR count). The molecule has 1 fully saturated rings. The standard InChI is InChI=1S/C21H18N6O2/c22-26-24-19-5-1-14(2-6-19)9-17-11-16(13-28)12-18(21(17)29)10-15-3-7-20(8-4-15)25-27-23/h1-10,16,28H,11-13H2. The second-order valence-electron chi connectivity index (χ2n) is 6.69. The maximum absolute atomic E-state index is 13.0. The van der Waals surface area contributed by atoms with Gasteiger partial charge in [-0.3, -0.25) is 4.79 Å². The lowest BCUT2D eigenvalue weighted by Crippen LogP contribution is -2.22. The molecule has 1 N–H and O–H groups in total. The van der Waals surface area contributed by atoms with E-state index in [1.807, 2.05) is 12.2 Å². The van der Waals surface area contributed by atoms with Gasteiger partial charge in [-0.2, -0.15) is 0 Å². The number of carbonyl (C=O) groups is 1. The predicted molar refractivity (Wildman–Crippen MR) is 111 cm³/mol. The molecule has 1 aliphatic carbocycles. The van der Waals surface area contributed by atoms with E-state index in [0.717, 1.165) is 11.1 Å². The molecule has 0 aromatic heterocycles. The summed E-state index contributed by atoms with van der Waals surface area (Å²) in [5.41, 5.74) is 20.9. The number of allylic oxidation sites excluding steroid dienone is 2. The maximum atomic E-state index is 13.0. The SMILES string of the molecule is [N-]=[N+]=Nc1ccc(C=C2CC(CO)CC(=Cc3ccc(N=[N+]=[N-])cc3)C2=O)cc1. The van der Waals surface area contributed by atoms with E-state index < -0.39 is 0 Å². The Labute approximate surface area is 167 Å². The zero-order valence-corrected chi connectivity index (χ0v) is 15.5. The highest BCUT2D eigenvalue weighted by Gasteiger charge is 2.27. The predicted octanol–water partition coefficient (Wildman–Crippen LogP) is 6.01.